The molecule has 8 rings (SSSR count). The van der Waals surface area contributed by atoms with Crippen LogP contribution < -0.4 is 15.6 Å². The second-order valence-corrected chi connectivity index (χ2v) is 15.8. The van der Waals surface area contributed by atoms with Crippen LogP contribution in [0.25, 0.3) is 33.1 Å². The van der Waals surface area contributed by atoms with Crippen molar-refractivity contribution in [2.75, 3.05) is 11.0 Å². The van der Waals surface area contributed by atoms with E-state index >= 15 is 8.78 Å². The van der Waals surface area contributed by atoms with E-state index in [9.17, 15) is 35.6 Å². The number of sulfonamides is 1. The number of amides is 1. The number of benzene rings is 2. The number of aryl methyl sites for hydroxylation is 1. The predicted molar refractivity (Wildman–Crippen MR) is 188 cm³/mol. The fourth-order valence-corrected chi connectivity index (χ4v) is 8.29. The molecule has 0 spiro atoms. The summed E-state index contributed by atoms with van der Waals surface area (Å²) in [6.45, 7) is -0.915. The van der Waals surface area contributed by atoms with Crippen LogP contribution >= 0.6 is 11.6 Å². The summed E-state index contributed by atoms with van der Waals surface area (Å²) in [5.74, 6) is -8.42. The summed E-state index contributed by atoms with van der Waals surface area (Å²) in [5, 5.41) is 11.0. The van der Waals surface area contributed by atoms with Gasteiger partial charge in [-0.3, -0.25) is 23.7 Å². The Labute approximate surface area is 311 Å². The molecular formula is C35H27ClF6N8O4S. The molecule has 2 aliphatic carbocycles. The smallest absolute Gasteiger partial charge is 0.293 e. The van der Waals surface area contributed by atoms with E-state index in [0.717, 1.165) is 18.4 Å². The molecule has 3 N–H and O–H groups in total. The lowest BCUT2D eigenvalue weighted by Crippen LogP contribution is -2.35. The van der Waals surface area contributed by atoms with Crippen molar-refractivity contribution in [3.63, 3.8) is 0 Å². The highest BCUT2D eigenvalue weighted by Crippen LogP contribution is 2.68. The molecule has 1 amide bonds. The Bertz CT molecular complexity index is 2750. The van der Waals surface area contributed by atoms with E-state index in [1.54, 1.807) is 6.07 Å². The van der Waals surface area contributed by atoms with Crippen LogP contribution in [0.2, 0.25) is 5.02 Å². The fraction of sp³-hybridized carbons (Fsp3) is 0.286. The van der Waals surface area contributed by atoms with Gasteiger partial charge in [0.25, 0.3) is 12.3 Å². The monoisotopic (exact) mass is 804 g/mol. The van der Waals surface area contributed by atoms with Crippen molar-refractivity contribution in [3.05, 3.63) is 104 Å². The van der Waals surface area contributed by atoms with Crippen LogP contribution in [-0.2, 0) is 40.8 Å². The number of carbonyl (C=O) groups excluding carboxylic acids is 1. The summed E-state index contributed by atoms with van der Waals surface area (Å²) in [7, 11) is -2.33. The number of hydrogen-bond donors (Lipinski definition) is 3. The minimum absolute atomic E-state index is 0.0198. The molecule has 1 saturated carbocycles. The van der Waals surface area contributed by atoms with Crippen molar-refractivity contribution in [1.29, 1.82) is 0 Å². The summed E-state index contributed by atoms with van der Waals surface area (Å²) in [6, 6.07) is 8.50. The lowest BCUT2D eigenvalue weighted by atomic mass is 9.93. The van der Waals surface area contributed by atoms with Gasteiger partial charge in [-0.25, -0.2) is 31.0 Å². The summed E-state index contributed by atoms with van der Waals surface area (Å²) in [6.07, 6.45) is -2.56. The third-order valence-corrected chi connectivity index (χ3v) is 10.6. The molecular weight excluding hydrogens is 778 g/mol. The summed E-state index contributed by atoms with van der Waals surface area (Å²) in [4.78, 5) is 33.7. The average molecular weight is 805 g/mol. The first kappa shape index (κ1) is 36.5. The van der Waals surface area contributed by atoms with Crippen LogP contribution in [0.5, 0.6) is 0 Å². The molecule has 20 heteroatoms. The zero-order valence-electron chi connectivity index (χ0n) is 28.5. The topological polar surface area (TPSA) is 157 Å². The lowest BCUT2D eigenvalue weighted by molar-refractivity contribution is -0.123. The van der Waals surface area contributed by atoms with E-state index in [-0.39, 0.29) is 68.0 Å². The van der Waals surface area contributed by atoms with E-state index in [4.69, 9.17) is 16.6 Å². The fourth-order valence-electron chi connectivity index (χ4n) is 7.56. The van der Waals surface area contributed by atoms with Crippen molar-refractivity contribution < 1.29 is 39.6 Å². The van der Waals surface area contributed by atoms with Crippen LogP contribution in [0, 0.1) is 17.6 Å². The Kier molecular flexibility index (Phi) is 8.52. The molecule has 55 heavy (non-hydrogen) atoms. The molecule has 12 nitrogen and oxygen atoms in total. The van der Waals surface area contributed by atoms with Crippen molar-refractivity contribution >= 4 is 55.3 Å². The highest BCUT2D eigenvalue weighted by Gasteiger charge is 2.67. The highest BCUT2D eigenvalue weighted by atomic mass is 35.5. The van der Waals surface area contributed by atoms with E-state index < -0.39 is 81.3 Å². The third-order valence-electron chi connectivity index (χ3n) is 9.73. The van der Waals surface area contributed by atoms with E-state index in [0.29, 0.717) is 16.3 Å². The molecule has 286 valence electrons. The summed E-state index contributed by atoms with van der Waals surface area (Å²) in [5.41, 5.74) is -1.01. The minimum atomic E-state index is -3.84. The zero-order chi connectivity index (χ0) is 39.3. The maximum atomic E-state index is 15.4. The van der Waals surface area contributed by atoms with Gasteiger partial charge in [-0.05, 0) is 54.7 Å². The van der Waals surface area contributed by atoms with E-state index in [2.05, 4.69) is 25.2 Å². The predicted octanol–water partition coefficient (Wildman–Crippen LogP) is 6.22. The average Bonchev–Trinajstić information content (AvgIpc) is 3.62. The maximum absolute atomic E-state index is 15.4. The van der Waals surface area contributed by atoms with Crippen molar-refractivity contribution in [2.24, 2.45) is 13.0 Å². The first-order valence-electron chi connectivity index (χ1n) is 16.6. The number of anilines is 1. The number of aromatic nitrogens is 6. The first-order chi connectivity index (χ1) is 25.9. The van der Waals surface area contributed by atoms with Gasteiger partial charge >= 0.3 is 0 Å². The number of hydrogen-bond acceptors (Lipinski definition) is 7. The molecule has 0 radical (unpaired) electrons. The van der Waals surface area contributed by atoms with Gasteiger partial charge < -0.3 is 10.3 Å². The minimum Gasteiger partial charge on any atom is -0.346 e. The number of nitrogens with one attached hydrogen (secondary N) is 3. The zero-order valence-corrected chi connectivity index (χ0v) is 30.0. The Balaban J connectivity index is 1.29. The second-order valence-electron chi connectivity index (χ2n) is 13.6. The molecule has 6 aromatic rings. The van der Waals surface area contributed by atoms with Crippen molar-refractivity contribution in [2.45, 2.75) is 43.7 Å². The molecule has 4 heterocycles. The second kappa shape index (κ2) is 12.8. The van der Waals surface area contributed by atoms with Gasteiger partial charge in [-0.2, -0.15) is 19.0 Å². The number of pyridine rings is 2. The lowest BCUT2D eigenvalue weighted by Gasteiger charge is -2.23. The van der Waals surface area contributed by atoms with Crippen molar-refractivity contribution in [3.8, 4) is 11.1 Å². The molecule has 1 fully saturated rings. The number of halogens is 7. The molecule has 3 atom stereocenters. The largest absolute Gasteiger partial charge is 0.346 e. The number of nitrogens with zero attached hydrogens (tertiary/aromatic N) is 5. The molecule has 0 aliphatic heterocycles. The standard InChI is InChI=1S/C35H27ClF6N8O4S/c1-49-31-17(3-4-21(36)28(31)34(47-49)48-55(2,53)54)18-12-23-22(5-6-25(51)43-23)45-29(18)24(9-14-7-15(37)10-16(38)8-14)44-26(52)13-50-32-27(30(46-50)33(39)40)19-11-20(19)35(32,41)42/h3-8,10,12,19-20,24,33H,9,11,13H2,1-2H3,(H,43,51)(H,44,52)(H,47,48)/t19-,20+,24?/m0/s1. The van der Waals surface area contributed by atoms with Crippen LogP contribution in [0.15, 0.2) is 53.3 Å². The van der Waals surface area contributed by atoms with Crippen LogP contribution in [-0.4, -0.2) is 50.1 Å². The Hall–Kier alpha value is -5.43. The van der Waals surface area contributed by atoms with Crippen LogP contribution in [0.4, 0.5) is 32.2 Å². The van der Waals surface area contributed by atoms with Crippen LogP contribution in [0.3, 0.4) is 0 Å². The van der Waals surface area contributed by atoms with Gasteiger partial charge in [0.1, 0.15) is 29.6 Å². The Morgan fingerprint density at radius 3 is 2.47 bits per heavy atom. The molecule has 0 bridgehead atoms. The van der Waals surface area contributed by atoms with Gasteiger partial charge in [0.15, 0.2) is 5.82 Å². The van der Waals surface area contributed by atoms with Gasteiger partial charge in [0.05, 0.1) is 45.0 Å². The summed E-state index contributed by atoms with van der Waals surface area (Å²) >= 11 is 6.57. The third kappa shape index (κ3) is 6.47. The number of rotatable bonds is 10. The SMILES string of the molecule is Cn1nc(NS(C)(=O)=O)c2c(Cl)ccc(-c3cc4[nH]c(=O)ccc4nc3C(Cc3cc(F)cc(F)c3)NC(=O)Cn3nc(C(F)F)c4c3C(F)(F)[C@@H]3C[C@H]43)c21. The molecule has 4 aromatic heterocycles. The van der Waals surface area contributed by atoms with E-state index in [1.165, 1.54) is 36.0 Å². The normalized spacial score (nSPS) is 17.8. The Morgan fingerprint density at radius 2 is 1.78 bits per heavy atom. The van der Waals surface area contributed by atoms with Gasteiger partial charge in [-0.15, -0.1) is 0 Å². The van der Waals surface area contributed by atoms with Gasteiger partial charge in [0, 0.05) is 41.8 Å². The Morgan fingerprint density at radius 1 is 1.05 bits per heavy atom. The van der Waals surface area contributed by atoms with Gasteiger partial charge in [-0.1, -0.05) is 17.7 Å². The molecule has 0 saturated heterocycles. The van der Waals surface area contributed by atoms with Crippen LogP contribution in [0.1, 0.15) is 53.0 Å². The number of carbonyl (C=O) groups is 1. The molecule has 2 aromatic carbocycles. The number of alkyl halides is 4. The first-order valence-corrected chi connectivity index (χ1v) is 18.8. The van der Waals surface area contributed by atoms with E-state index in [1.807, 2.05) is 0 Å². The molecule has 1 unspecified atom stereocenters. The maximum Gasteiger partial charge on any atom is 0.293 e. The quantitative estimate of drug-likeness (QED) is 0.139. The molecule has 2 aliphatic rings. The van der Waals surface area contributed by atoms with Crippen molar-refractivity contribution in [1.82, 2.24) is 34.8 Å². The number of fused-ring (bicyclic) bond motifs is 5. The number of H-pyrrole nitrogens is 1. The number of aromatic amines is 1. The highest BCUT2D eigenvalue weighted by molar-refractivity contribution is 7.92. The summed E-state index contributed by atoms with van der Waals surface area (Å²) < 4.78 is 116. The van der Waals surface area contributed by atoms with Gasteiger partial charge in [0.2, 0.25) is 21.5 Å².